The van der Waals surface area contributed by atoms with Crippen LogP contribution in [0.15, 0.2) is 46.8 Å². The van der Waals surface area contributed by atoms with Crippen LogP contribution >= 0.6 is 22.7 Å². The Labute approximate surface area is 187 Å². The summed E-state index contributed by atoms with van der Waals surface area (Å²) in [7, 11) is 0. The van der Waals surface area contributed by atoms with E-state index in [0.29, 0.717) is 11.7 Å². The second-order valence-electron chi connectivity index (χ2n) is 7.72. The van der Waals surface area contributed by atoms with Crippen molar-refractivity contribution in [2.24, 2.45) is 0 Å². The highest BCUT2D eigenvalue weighted by Crippen LogP contribution is 2.33. The minimum atomic E-state index is -0.0973. The third-order valence-corrected chi connectivity index (χ3v) is 7.71. The van der Waals surface area contributed by atoms with Gasteiger partial charge in [-0.3, -0.25) is 19.1 Å². The fourth-order valence-corrected chi connectivity index (χ4v) is 6.11. The maximum absolute atomic E-state index is 13.2. The first-order chi connectivity index (χ1) is 15.1. The van der Waals surface area contributed by atoms with Crippen LogP contribution in [0.5, 0.6) is 0 Å². The van der Waals surface area contributed by atoms with E-state index in [9.17, 15) is 9.59 Å². The van der Waals surface area contributed by atoms with E-state index < -0.39 is 0 Å². The van der Waals surface area contributed by atoms with E-state index in [2.05, 4.69) is 9.97 Å². The molecule has 5 rings (SSSR count). The van der Waals surface area contributed by atoms with Crippen molar-refractivity contribution in [2.75, 3.05) is 4.90 Å². The monoisotopic (exact) mass is 450 g/mol. The molecular formula is C23H22N4O2S2. The van der Waals surface area contributed by atoms with Crippen LogP contribution in [-0.2, 0) is 24.2 Å². The highest BCUT2D eigenvalue weighted by Gasteiger charge is 2.23. The molecule has 0 bridgehead atoms. The molecule has 3 aromatic heterocycles. The first-order valence-electron chi connectivity index (χ1n) is 10.4. The van der Waals surface area contributed by atoms with Gasteiger partial charge in [0.1, 0.15) is 4.83 Å². The van der Waals surface area contributed by atoms with Gasteiger partial charge in [-0.2, -0.15) is 0 Å². The Morgan fingerprint density at radius 3 is 2.77 bits per heavy atom. The molecule has 0 aliphatic heterocycles. The maximum Gasteiger partial charge on any atom is 0.262 e. The Balaban J connectivity index is 1.43. The molecule has 0 unspecified atom stereocenters. The smallest absolute Gasteiger partial charge is 0.262 e. The lowest BCUT2D eigenvalue weighted by Gasteiger charge is -2.20. The van der Waals surface area contributed by atoms with Gasteiger partial charge >= 0.3 is 0 Å². The van der Waals surface area contributed by atoms with Crippen molar-refractivity contribution in [1.82, 2.24) is 14.5 Å². The lowest BCUT2D eigenvalue weighted by Crippen LogP contribution is -2.29. The van der Waals surface area contributed by atoms with Crippen molar-refractivity contribution in [3.63, 3.8) is 0 Å². The van der Waals surface area contributed by atoms with E-state index in [-0.39, 0.29) is 17.9 Å². The number of aryl methyl sites for hydroxylation is 4. The van der Waals surface area contributed by atoms with Gasteiger partial charge in [0.05, 0.1) is 23.1 Å². The van der Waals surface area contributed by atoms with Crippen LogP contribution in [0.4, 0.5) is 10.8 Å². The Morgan fingerprint density at radius 2 is 2.00 bits per heavy atom. The van der Waals surface area contributed by atoms with Crippen molar-refractivity contribution in [3.8, 4) is 0 Å². The third-order valence-electron chi connectivity index (χ3n) is 5.57. The van der Waals surface area contributed by atoms with Crippen molar-refractivity contribution in [3.05, 3.63) is 68.5 Å². The molecule has 4 aromatic rings. The van der Waals surface area contributed by atoms with E-state index in [1.54, 1.807) is 27.1 Å². The Bertz CT molecular complexity index is 1310. The molecule has 0 radical (unpaired) electrons. The quantitative estimate of drug-likeness (QED) is 0.436. The number of anilines is 2. The van der Waals surface area contributed by atoms with Crippen LogP contribution in [0.2, 0.25) is 0 Å². The SMILES string of the molecule is Cc1csc(N(C(=O)CCn2cnc3sc4c(c3c2=O)CCCC4)c2ccccc2)n1. The molecule has 1 aromatic carbocycles. The topological polar surface area (TPSA) is 68.1 Å². The van der Waals surface area contributed by atoms with Gasteiger partial charge in [0, 0.05) is 23.2 Å². The average molecular weight is 451 g/mol. The van der Waals surface area contributed by atoms with Crippen LogP contribution in [0, 0.1) is 6.92 Å². The van der Waals surface area contributed by atoms with E-state index in [0.717, 1.165) is 40.9 Å². The van der Waals surface area contributed by atoms with Crippen molar-refractivity contribution in [2.45, 2.75) is 45.6 Å². The first kappa shape index (κ1) is 20.1. The van der Waals surface area contributed by atoms with E-state index in [4.69, 9.17) is 0 Å². The number of nitrogens with zero attached hydrogens (tertiary/aromatic N) is 4. The maximum atomic E-state index is 13.2. The second kappa shape index (κ2) is 8.36. The average Bonchev–Trinajstić information content (AvgIpc) is 3.38. The first-order valence-corrected chi connectivity index (χ1v) is 12.1. The van der Waals surface area contributed by atoms with Crippen molar-refractivity contribution < 1.29 is 4.79 Å². The van der Waals surface area contributed by atoms with Gasteiger partial charge in [-0.15, -0.1) is 22.7 Å². The minimum absolute atomic E-state index is 0.0337. The summed E-state index contributed by atoms with van der Waals surface area (Å²) in [6.07, 6.45) is 6.04. The molecule has 6 nitrogen and oxygen atoms in total. The molecule has 1 aliphatic carbocycles. The van der Waals surface area contributed by atoms with E-state index in [1.165, 1.54) is 28.2 Å². The molecule has 0 saturated heterocycles. The number of aromatic nitrogens is 3. The number of thiazole rings is 1. The van der Waals surface area contributed by atoms with Crippen LogP contribution in [-0.4, -0.2) is 20.4 Å². The summed E-state index contributed by atoms with van der Waals surface area (Å²) in [6.45, 7) is 2.20. The van der Waals surface area contributed by atoms with Crippen LogP contribution in [0.3, 0.4) is 0 Å². The zero-order valence-electron chi connectivity index (χ0n) is 17.2. The largest absolute Gasteiger partial charge is 0.298 e. The summed E-state index contributed by atoms with van der Waals surface area (Å²) in [4.78, 5) is 39.2. The molecule has 31 heavy (non-hydrogen) atoms. The number of fused-ring (bicyclic) bond motifs is 3. The number of rotatable bonds is 5. The lowest BCUT2D eigenvalue weighted by molar-refractivity contribution is -0.118. The van der Waals surface area contributed by atoms with Crippen molar-refractivity contribution in [1.29, 1.82) is 0 Å². The molecule has 0 atom stereocenters. The number of hydrogen-bond acceptors (Lipinski definition) is 6. The van der Waals surface area contributed by atoms with Crippen LogP contribution in [0.1, 0.15) is 35.4 Å². The van der Waals surface area contributed by atoms with Gasteiger partial charge < -0.3 is 0 Å². The third kappa shape index (κ3) is 3.81. The van der Waals surface area contributed by atoms with Gasteiger partial charge in [-0.1, -0.05) is 18.2 Å². The predicted molar refractivity (Wildman–Crippen MR) is 126 cm³/mol. The number of carbonyl (C=O) groups excluding carboxylic acids is 1. The molecule has 158 valence electrons. The van der Waals surface area contributed by atoms with Crippen LogP contribution in [0.25, 0.3) is 10.2 Å². The molecule has 3 heterocycles. The number of carbonyl (C=O) groups is 1. The Kier molecular flexibility index (Phi) is 5.41. The molecule has 1 amide bonds. The molecule has 0 saturated carbocycles. The summed E-state index contributed by atoms with van der Waals surface area (Å²) in [6, 6.07) is 9.51. The number of hydrogen-bond donors (Lipinski definition) is 0. The van der Waals surface area contributed by atoms with Gasteiger partial charge in [0.2, 0.25) is 5.91 Å². The van der Waals surface area contributed by atoms with Gasteiger partial charge in [-0.05, 0) is 50.3 Å². The molecule has 0 spiro atoms. The number of thiophene rings is 1. The number of benzene rings is 1. The standard InChI is InChI=1S/C23H22N4O2S2/c1-15-13-30-23(25-15)27(16-7-3-2-4-8-16)19(28)11-12-26-14-24-21-20(22(26)29)17-9-5-6-10-18(17)31-21/h2-4,7-8,13-14H,5-6,9-12H2,1H3. The molecule has 1 aliphatic rings. The second-order valence-corrected chi connectivity index (χ2v) is 9.64. The zero-order valence-corrected chi connectivity index (χ0v) is 18.8. The number of amides is 1. The molecular weight excluding hydrogens is 428 g/mol. The molecule has 8 heteroatoms. The molecule has 0 fully saturated rings. The summed E-state index contributed by atoms with van der Waals surface area (Å²) in [5, 5.41) is 3.33. The van der Waals surface area contributed by atoms with E-state index >= 15 is 0 Å². The molecule has 0 N–H and O–H groups in total. The summed E-state index contributed by atoms with van der Waals surface area (Å²) in [5.41, 5.74) is 2.79. The van der Waals surface area contributed by atoms with E-state index in [1.807, 2.05) is 42.6 Å². The van der Waals surface area contributed by atoms with Gasteiger partial charge in [0.15, 0.2) is 5.13 Å². The normalized spacial score (nSPS) is 13.3. The minimum Gasteiger partial charge on any atom is -0.298 e. The summed E-state index contributed by atoms with van der Waals surface area (Å²) in [5.74, 6) is -0.0973. The van der Waals surface area contributed by atoms with Gasteiger partial charge in [0.25, 0.3) is 5.56 Å². The van der Waals surface area contributed by atoms with Crippen LogP contribution < -0.4 is 10.5 Å². The van der Waals surface area contributed by atoms with Gasteiger partial charge in [-0.25, -0.2) is 9.97 Å². The highest BCUT2D eigenvalue weighted by molar-refractivity contribution is 7.18. The Morgan fingerprint density at radius 1 is 1.19 bits per heavy atom. The summed E-state index contributed by atoms with van der Waals surface area (Å²) < 4.78 is 1.58. The fourth-order valence-electron chi connectivity index (χ4n) is 4.05. The number of para-hydroxylation sites is 1. The fraction of sp³-hybridized carbons (Fsp3) is 0.304. The predicted octanol–water partition coefficient (Wildman–Crippen LogP) is 4.86. The highest BCUT2D eigenvalue weighted by atomic mass is 32.1. The zero-order chi connectivity index (χ0) is 21.4. The lowest BCUT2D eigenvalue weighted by atomic mass is 9.97. The summed E-state index contributed by atoms with van der Waals surface area (Å²) >= 11 is 3.08. The van der Waals surface area contributed by atoms with Crippen molar-refractivity contribution >= 4 is 49.6 Å². The Hall–Kier alpha value is -2.84.